The summed E-state index contributed by atoms with van der Waals surface area (Å²) in [5.41, 5.74) is 3.91. The Morgan fingerprint density at radius 1 is 1.07 bits per heavy atom. The number of imidazole rings is 1. The maximum absolute atomic E-state index is 13.8. The van der Waals surface area contributed by atoms with E-state index in [4.69, 9.17) is 9.47 Å². The van der Waals surface area contributed by atoms with Crippen LogP contribution in [-0.2, 0) is 4.74 Å². The molecular formula is C32H35FN6O4. The van der Waals surface area contributed by atoms with Gasteiger partial charge in [0.1, 0.15) is 11.4 Å². The number of nitrogens with one attached hydrogen (secondary N) is 1. The van der Waals surface area contributed by atoms with Crippen LogP contribution < -0.4 is 10.1 Å². The van der Waals surface area contributed by atoms with Crippen LogP contribution in [0.25, 0.3) is 16.9 Å². The van der Waals surface area contributed by atoms with E-state index in [1.165, 1.54) is 12.3 Å². The quantitative estimate of drug-likeness (QED) is 0.228. The first-order valence-corrected chi connectivity index (χ1v) is 14.6. The highest BCUT2D eigenvalue weighted by atomic mass is 19.1. The molecule has 1 amide bonds. The molecule has 3 aromatic heterocycles. The smallest absolute Gasteiger partial charge is 0.410 e. The Balaban J connectivity index is 1.26. The number of nitrogens with zero attached hydrogens (tertiary/aromatic N) is 5. The van der Waals surface area contributed by atoms with E-state index in [-0.39, 0.29) is 29.4 Å². The first-order valence-electron chi connectivity index (χ1n) is 14.6. The second-order valence-corrected chi connectivity index (χ2v) is 12.4. The fourth-order valence-electron chi connectivity index (χ4n) is 5.15. The third-order valence-electron chi connectivity index (χ3n) is 7.53. The third-order valence-corrected chi connectivity index (χ3v) is 7.53. The number of likely N-dealkylation sites (tertiary alicyclic amines) is 1. The van der Waals surface area contributed by atoms with E-state index >= 15 is 0 Å². The van der Waals surface area contributed by atoms with Gasteiger partial charge in [-0.05, 0) is 58.1 Å². The van der Waals surface area contributed by atoms with E-state index < -0.39 is 11.4 Å². The molecular weight excluding hydrogens is 551 g/mol. The highest BCUT2D eigenvalue weighted by Crippen LogP contribution is 2.35. The summed E-state index contributed by atoms with van der Waals surface area (Å²) in [5, 5.41) is 8.11. The van der Waals surface area contributed by atoms with Gasteiger partial charge in [-0.3, -0.25) is 9.78 Å². The second-order valence-electron chi connectivity index (χ2n) is 12.4. The van der Waals surface area contributed by atoms with Crippen molar-refractivity contribution in [2.45, 2.75) is 52.6 Å². The van der Waals surface area contributed by atoms with Crippen molar-refractivity contribution >= 4 is 23.2 Å². The van der Waals surface area contributed by atoms with E-state index in [1.54, 1.807) is 21.7 Å². The molecule has 1 saturated carbocycles. The summed E-state index contributed by atoms with van der Waals surface area (Å²) < 4.78 is 26.9. The monoisotopic (exact) mass is 586 g/mol. The molecule has 2 aliphatic rings. The summed E-state index contributed by atoms with van der Waals surface area (Å²) in [6, 6.07) is 8.71. The van der Waals surface area contributed by atoms with Crippen LogP contribution in [0.1, 0.15) is 56.0 Å². The Kier molecular flexibility index (Phi) is 7.49. The number of aryl methyl sites for hydroxylation is 1. The number of halogens is 1. The summed E-state index contributed by atoms with van der Waals surface area (Å²) in [4.78, 5) is 35.3. The lowest BCUT2D eigenvalue weighted by atomic mass is 9.98. The van der Waals surface area contributed by atoms with E-state index in [9.17, 15) is 14.0 Å². The van der Waals surface area contributed by atoms with Crippen molar-refractivity contribution in [2.24, 2.45) is 11.8 Å². The predicted octanol–water partition coefficient (Wildman–Crippen LogP) is 6.29. The Bertz CT molecular complexity index is 1690. The zero-order chi connectivity index (χ0) is 30.3. The van der Waals surface area contributed by atoms with Crippen LogP contribution in [0, 0.1) is 24.6 Å². The van der Waals surface area contributed by atoms with E-state index in [1.807, 2.05) is 45.9 Å². The fourth-order valence-corrected chi connectivity index (χ4v) is 5.15. The van der Waals surface area contributed by atoms with Crippen LogP contribution in [0.4, 0.5) is 14.9 Å². The molecule has 4 aromatic rings. The molecule has 43 heavy (non-hydrogen) atoms. The zero-order valence-electron chi connectivity index (χ0n) is 24.8. The number of hydrogen-bond donors (Lipinski definition) is 1. The van der Waals surface area contributed by atoms with Gasteiger partial charge in [0.05, 0.1) is 30.0 Å². The molecule has 1 N–H and O–H groups in total. The number of rotatable bonds is 9. The van der Waals surface area contributed by atoms with Crippen molar-refractivity contribution in [3.63, 3.8) is 0 Å². The molecule has 4 heterocycles. The van der Waals surface area contributed by atoms with Crippen LogP contribution in [0.3, 0.4) is 0 Å². The molecule has 0 spiro atoms. The van der Waals surface area contributed by atoms with Crippen molar-refractivity contribution in [3.05, 3.63) is 65.9 Å². The van der Waals surface area contributed by atoms with Crippen LogP contribution >= 0.6 is 0 Å². The summed E-state index contributed by atoms with van der Waals surface area (Å²) in [6.45, 7) is 9.22. The average Bonchev–Trinajstić information content (AvgIpc) is 3.61. The van der Waals surface area contributed by atoms with Gasteiger partial charge in [-0.2, -0.15) is 0 Å². The van der Waals surface area contributed by atoms with Gasteiger partial charge in [-0.15, -0.1) is 5.10 Å². The lowest BCUT2D eigenvalue weighted by molar-refractivity contribution is 0.000837. The number of fused-ring (bicyclic) bond motifs is 1. The number of ketones is 1. The molecule has 0 radical (unpaired) electrons. The number of aromatic nitrogens is 4. The van der Waals surface area contributed by atoms with Gasteiger partial charge in [-0.25, -0.2) is 18.7 Å². The van der Waals surface area contributed by atoms with Gasteiger partial charge < -0.3 is 19.7 Å². The van der Waals surface area contributed by atoms with Crippen LogP contribution in [0.15, 0.2) is 48.9 Å². The Labute approximate surface area is 249 Å². The number of hydrogen-bond acceptors (Lipinski definition) is 8. The standard InChI is InChI=1S/C32H35FN6O4/c1-19-9-22(7-8-25(19)28(40)10-20-5-6-20)27-16-36-30-26(35-13-21-17-38(18-21)31(41)43-32(2,3)4)12-29(37-39(27)30)42-24-11-23(33)14-34-15-24/h7-9,11-12,14-16,20-21,35H,5-6,10,13,17-18H2,1-4H3. The molecule has 10 nitrogen and oxygen atoms in total. The molecule has 0 unspecified atom stereocenters. The topological polar surface area (TPSA) is 111 Å². The van der Waals surface area contributed by atoms with Crippen LogP contribution in [0.2, 0.25) is 0 Å². The molecule has 0 atom stereocenters. The van der Waals surface area contributed by atoms with Gasteiger partial charge in [0, 0.05) is 55.2 Å². The summed E-state index contributed by atoms with van der Waals surface area (Å²) in [5.74, 6) is 0.823. The predicted molar refractivity (Wildman–Crippen MR) is 159 cm³/mol. The number of Topliss-reactive ketones (excluding diaryl/α,β-unsaturated/α-hetero) is 1. The minimum absolute atomic E-state index is 0.176. The van der Waals surface area contributed by atoms with Crippen molar-refractivity contribution < 1.29 is 23.5 Å². The molecule has 11 heteroatoms. The van der Waals surface area contributed by atoms with Crippen LogP contribution in [-0.4, -0.2) is 61.6 Å². The average molecular weight is 587 g/mol. The van der Waals surface area contributed by atoms with Gasteiger partial charge in [0.15, 0.2) is 17.2 Å². The van der Waals surface area contributed by atoms with Gasteiger partial charge in [0.2, 0.25) is 5.88 Å². The first-order chi connectivity index (χ1) is 20.5. The molecule has 1 saturated heterocycles. The normalized spacial score (nSPS) is 15.3. The largest absolute Gasteiger partial charge is 0.444 e. The fraction of sp³-hybridized carbons (Fsp3) is 0.406. The van der Waals surface area contributed by atoms with Gasteiger partial charge in [0.25, 0.3) is 0 Å². The number of benzene rings is 1. The Morgan fingerprint density at radius 3 is 2.56 bits per heavy atom. The minimum atomic E-state index is -0.542. The number of carbonyl (C=O) groups is 2. The summed E-state index contributed by atoms with van der Waals surface area (Å²) in [7, 11) is 0. The molecule has 1 aliphatic heterocycles. The van der Waals surface area contributed by atoms with Crippen LogP contribution in [0.5, 0.6) is 11.6 Å². The number of pyridine rings is 1. The Morgan fingerprint density at radius 2 is 1.86 bits per heavy atom. The number of amides is 1. The third kappa shape index (κ3) is 6.60. The van der Waals surface area contributed by atoms with E-state index in [0.717, 1.165) is 35.7 Å². The maximum atomic E-state index is 13.8. The van der Waals surface area contributed by atoms with E-state index in [2.05, 4.69) is 20.4 Å². The highest BCUT2D eigenvalue weighted by molar-refractivity contribution is 5.98. The molecule has 1 aromatic carbocycles. The number of ether oxygens (including phenoxy) is 2. The lowest BCUT2D eigenvalue weighted by Gasteiger charge is -2.39. The molecule has 1 aliphatic carbocycles. The van der Waals surface area contributed by atoms with Crippen molar-refractivity contribution in [1.82, 2.24) is 24.5 Å². The lowest BCUT2D eigenvalue weighted by Crippen LogP contribution is -2.53. The molecule has 224 valence electrons. The SMILES string of the molecule is Cc1cc(-c2cnc3c(NCC4CN(C(=O)OC(C)(C)C)C4)cc(Oc4cncc(F)c4)nn23)ccc1C(=O)CC1CC1. The van der Waals surface area contributed by atoms with Crippen molar-refractivity contribution in [3.8, 4) is 22.9 Å². The van der Waals surface area contributed by atoms with Gasteiger partial charge >= 0.3 is 6.09 Å². The first kappa shape index (κ1) is 28.6. The van der Waals surface area contributed by atoms with Crippen molar-refractivity contribution in [2.75, 3.05) is 25.0 Å². The van der Waals surface area contributed by atoms with Gasteiger partial charge in [-0.1, -0.05) is 12.1 Å². The second kappa shape index (κ2) is 11.3. The Hall–Kier alpha value is -4.54. The number of anilines is 1. The molecule has 6 rings (SSSR count). The summed E-state index contributed by atoms with van der Waals surface area (Å²) >= 11 is 0. The van der Waals surface area contributed by atoms with E-state index in [0.29, 0.717) is 49.0 Å². The highest BCUT2D eigenvalue weighted by Gasteiger charge is 2.33. The number of carbonyl (C=O) groups excluding carboxylic acids is 2. The maximum Gasteiger partial charge on any atom is 0.410 e. The summed E-state index contributed by atoms with van der Waals surface area (Å²) in [6.07, 6.45) is 6.79. The van der Waals surface area contributed by atoms with Crippen molar-refractivity contribution in [1.29, 1.82) is 0 Å². The molecule has 2 fully saturated rings. The minimum Gasteiger partial charge on any atom is -0.444 e. The molecule has 0 bridgehead atoms. The zero-order valence-corrected chi connectivity index (χ0v) is 24.8.